The highest BCUT2D eigenvalue weighted by Crippen LogP contribution is 2.26. The van der Waals surface area contributed by atoms with Gasteiger partial charge in [0, 0.05) is 45.7 Å². The number of morpholine rings is 1. The fourth-order valence-corrected chi connectivity index (χ4v) is 8.53. The monoisotopic (exact) mass is 1170 g/mol. The molecule has 0 N–H and O–H groups in total. The van der Waals surface area contributed by atoms with Gasteiger partial charge in [-0.05, 0) is 175 Å². The van der Waals surface area contributed by atoms with Crippen molar-refractivity contribution in [2.75, 3.05) is 161 Å². The number of carbonyl (C=O) groups is 1. The SMILES string of the molecule is CC(C)(C)CCN1CCCC1.CC(C)(C)CCN1CCOCC1.CC(C)(C)CC[N+](C)(C)C.CC(C)(C)c1ccccc1.CN(C)CCC(C)(C)C.CN1CCN(CCC(C)(C)C)CC1.COC(=O)C1CCCN1CCC(C)(C)C.[Cl-]. The predicted octanol–water partition coefficient (Wildman–Crippen LogP) is 12.1. The molecule has 4 heterocycles. The maximum absolute atomic E-state index is 11.5. The fourth-order valence-electron chi connectivity index (χ4n) is 8.53. The molecule has 1 atom stereocenters. The van der Waals surface area contributed by atoms with E-state index in [1.807, 2.05) is 0 Å². The van der Waals surface area contributed by atoms with E-state index in [-0.39, 0.29) is 24.4 Å². The number of benzene rings is 1. The summed E-state index contributed by atoms with van der Waals surface area (Å²) in [6.45, 7) is 68.0. The summed E-state index contributed by atoms with van der Waals surface area (Å²) in [7, 11) is 14.6. The molecular formula is C70H144ClN7O3. The first-order valence-corrected chi connectivity index (χ1v) is 32.1. The minimum atomic E-state index is -0.0681. The van der Waals surface area contributed by atoms with E-state index in [0.717, 1.165) is 63.1 Å². The lowest BCUT2D eigenvalue weighted by atomic mass is 9.87. The van der Waals surface area contributed by atoms with Gasteiger partial charge >= 0.3 is 5.97 Å². The van der Waals surface area contributed by atoms with Gasteiger partial charge in [0.1, 0.15) is 6.04 Å². The topological polar surface area (TPSA) is 55.0 Å². The number of hydrogen-bond donors (Lipinski definition) is 0. The molecule has 5 rings (SSSR count). The molecule has 0 spiro atoms. The first-order chi connectivity index (χ1) is 36.3. The van der Waals surface area contributed by atoms with Crippen LogP contribution in [0.25, 0.3) is 0 Å². The highest BCUT2D eigenvalue weighted by Gasteiger charge is 2.32. The number of methoxy groups -OCH3 is 1. The summed E-state index contributed by atoms with van der Waals surface area (Å²) in [6, 6.07) is 10.6. The van der Waals surface area contributed by atoms with E-state index in [0.29, 0.717) is 37.9 Å². The van der Waals surface area contributed by atoms with Gasteiger partial charge < -0.3 is 46.0 Å². The Balaban J connectivity index is -0.000000880. The standard InChI is InChI=1S/C12H23NO2.C11H24N2.C10H21NO.C10H21N.C10H14.C9H22N.C8H19N.ClH/c1-12(2,3)7-9-13-8-5-6-10(13)11(14)15-4;1-11(2,3)5-6-13-9-7-12(4)8-10-13;1-10(2,3)4-5-11-6-8-12-9-7-11;1-10(2,3)6-9-11-7-4-5-8-11;1-10(2,3)9-7-5-4-6-8-9;1-9(2,3)7-8-10(4,5)6;1-8(2,3)6-7-9(4)5;/h10H,5-9H2,1-4H3;5-10H2,1-4H3;4-9H2,1-3H3;4-9H2,1-3H3;4-8H,1-3H3;7-8H2,1-6H3;6-7H2,1-5H3;1H/q;;;;;+1;;/p-1. The van der Waals surface area contributed by atoms with Crippen molar-refractivity contribution in [3.8, 4) is 0 Å². The van der Waals surface area contributed by atoms with Gasteiger partial charge in [0.2, 0.25) is 0 Å². The maximum atomic E-state index is 11.5. The van der Waals surface area contributed by atoms with Gasteiger partial charge in [0.15, 0.2) is 0 Å². The molecule has 4 aliphatic rings. The Labute approximate surface area is 514 Å². The molecular weight excluding hydrogens is 1020 g/mol. The predicted molar refractivity (Wildman–Crippen MR) is 355 cm³/mol. The zero-order valence-electron chi connectivity index (χ0n) is 59.8. The Hall–Kier alpha value is -1.34. The largest absolute Gasteiger partial charge is 1.00 e. The Morgan fingerprint density at radius 3 is 1.23 bits per heavy atom. The quantitative estimate of drug-likeness (QED) is 0.142. The van der Waals surface area contributed by atoms with Crippen molar-refractivity contribution in [2.24, 2.45) is 32.5 Å². The minimum Gasteiger partial charge on any atom is -1.00 e. The third kappa shape index (κ3) is 56.2. The molecule has 4 aliphatic heterocycles. The summed E-state index contributed by atoms with van der Waals surface area (Å²) in [5, 5.41) is 0. The molecule has 1 aromatic carbocycles. The number of carbonyl (C=O) groups excluding carboxylic acids is 1. The molecule has 0 aromatic heterocycles. The highest BCUT2D eigenvalue weighted by molar-refractivity contribution is 5.75. The number of ether oxygens (including phenoxy) is 2. The molecule has 0 radical (unpaired) electrons. The number of halogens is 1. The molecule has 10 nitrogen and oxygen atoms in total. The van der Waals surface area contributed by atoms with Crippen LogP contribution in [-0.2, 0) is 19.7 Å². The van der Waals surface area contributed by atoms with Crippen molar-refractivity contribution < 1.29 is 31.2 Å². The van der Waals surface area contributed by atoms with Crippen LogP contribution in [0.4, 0.5) is 0 Å². The zero-order valence-corrected chi connectivity index (χ0v) is 60.5. The lowest BCUT2D eigenvalue weighted by Gasteiger charge is -2.33. The first kappa shape index (κ1) is 83.9. The second-order valence-corrected chi connectivity index (χ2v) is 33.7. The molecule has 0 aliphatic carbocycles. The third-order valence-corrected chi connectivity index (χ3v) is 14.9. The number of esters is 1. The Bertz CT molecular complexity index is 1620. The van der Waals surface area contributed by atoms with Crippen molar-refractivity contribution >= 4 is 5.97 Å². The van der Waals surface area contributed by atoms with Crippen LogP contribution in [-0.4, -0.2) is 207 Å². The molecule has 11 heteroatoms. The molecule has 4 saturated heterocycles. The minimum absolute atomic E-state index is 0. The van der Waals surface area contributed by atoms with E-state index >= 15 is 0 Å². The number of piperazine rings is 1. The average Bonchev–Trinajstić information content (AvgIpc) is 4.04. The summed E-state index contributed by atoms with van der Waals surface area (Å²) in [4.78, 5) is 26.1. The van der Waals surface area contributed by atoms with Gasteiger partial charge in [-0.2, -0.15) is 0 Å². The smallest absolute Gasteiger partial charge is 0.323 e. The molecule has 484 valence electrons. The average molecular weight is 1170 g/mol. The Morgan fingerprint density at radius 1 is 0.531 bits per heavy atom. The van der Waals surface area contributed by atoms with E-state index in [4.69, 9.17) is 9.47 Å². The van der Waals surface area contributed by atoms with Crippen LogP contribution in [0.15, 0.2) is 30.3 Å². The second kappa shape index (κ2) is 40.9. The van der Waals surface area contributed by atoms with E-state index in [9.17, 15) is 4.79 Å². The summed E-state index contributed by atoms with van der Waals surface area (Å²) < 4.78 is 11.2. The van der Waals surface area contributed by atoms with Crippen molar-refractivity contribution in [3.63, 3.8) is 0 Å². The summed E-state index contributed by atoms with van der Waals surface area (Å²) in [5.41, 5.74) is 4.49. The van der Waals surface area contributed by atoms with Crippen molar-refractivity contribution in [2.45, 2.75) is 221 Å². The zero-order chi connectivity index (χ0) is 62.2. The molecule has 4 fully saturated rings. The van der Waals surface area contributed by atoms with Crippen LogP contribution in [0.2, 0.25) is 0 Å². The van der Waals surface area contributed by atoms with Gasteiger partial charge in [-0.3, -0.25) is 14.6 Å². The van der Waals surface area contributed by atoms with E-state index in [2.05, 4.69) is 247 Å². The maximum Gasteiger partial charge on any atom is 0.323 e. The van der Waals surface area contributed by atoms with E-state index in [1.54, 1.807) is 0 Å². The lowest BCUT2D eigenvalue weighted by Crippen LogP contribution is -3.00. The van der Waals surface area contributed by atoms with Crippen LogP contribution in [0.3, 0.4) is 0 Å². The van der Waals surface area contributed by atoms with Gasteiger partial charge in [-0.15, -0.1) is 0 Å². The van der Waals surface area contributed by atoms with Gasteiger partial charge in [-0.1, -0.05) is 176 Å². The highest BCUT2D eigenvalue weighted by atomic mass is 35.5. The Morgan fingerprint density at radius 2 is 0.914 bits per heavy atom. The molecule has 0 amide bonds. The molecule has 81 heavy (non-hydrogen) atoms. The number of nitrogens with zero attached hydrogens (tertiary/aromatic N) is 7. The Kier molecular flexibility index (Phi) is 42.4. The molecule has 0 saturated carbocycles. The van der Waals surface area contributed by atoms with E-state index < -0.39 is 0 Å². The summed E-state index contributed by atoms with van der Waals surface area (Å²) >= 11 is 0. The van der Waals surface area contributed by atoms with Gasteiger partial charge in [-0.25, -0.2) is 0 Å². The van der Waals surface area contributed by atoms with Crippen molar-refractivity contribution in [1.82, 2.24) is 29.4 Å². The fraction of sp³-hybridized carbons (Fsp3) is 0.900. The number of likely N-dealkylation sites (tertiary alicyclic amines) is 2. The van der Waals surface area contributed by atoms with E-state index in [1.165, 1.54) is 130 Å². The lowest BCUT2D eigenvalue weighted by molar-refractivity contribution is -0.871. The molecule has 0 bridgehead atoms. The van der Waals surface area contributed by atoms with Crippen LogP contribution in [0.1, 0.15) is 215 Å². The van der Waals surface area contributed by atoms with Crippen LogP contribution in [0.5, 0.6) is 0 Å². The summed E-state index contributed by atoms with van der Waals surface area (Å²) in [6.07, 6.45) is 12.6. The van der Waals surface area contributed by atoms with Crippen LogP contribution in [0, 0.1) is 32.5 Å². The third-order valence-electron chi connectivity index (χ3n) is 14.9. The van der Waals surface area contributed by atoms with Crippen molar-refractivity contribution in [1.29, 1.82) is 0 Å². The number of rotatable bonds is 13. The second-order valence-electron chi connectivity index (χ2n) is 33.7. The van der Waals surface area contributed by atoms with Gasteiger partial charge in [0.05, 0.1) is 48.0 Å². The normalized spacial score (nSPS) is 18.4. The summed E-state index contributed by atoms with van der Waals surface area (Å²) in [5.74, 6) is -0.0681. The van der Waals surface area contributed by atoms with Gasteiger partial charge in [0.25, 0.3) is 0 Å². The molecule has 1 aromatic rings. The number of likely N-dealkylation sites (N-methyl/N-ethyl adjacent to an activating group) is 1. The van der Waals surface area contributed by atoms with Crippen molar-refractivity contribution in [3.05, 3.63) is 35.9 Å². The molecule has 1 unspecified atom stereocenters. The number of quaternary nitrogens is 1. The number of hydrogen-bond acceptors (Lipinski definition) is 9. The first-order valence-electron chi connectivity index (χ1n) is 32.1. The van der Waals surface area contributed by atoms with Crippen LogP contribution >= 0.6 is 0 Å². The van der Waals surface area contributed by atoms with Crippen LogP contribution < -0.4 is 12.4 Å².